The number of thioether (sulfide) groups is 1. The van der Waals surface area contributed by atoms with Crippen molar-refractivity contribution >= 4 is 11.8 Å². The van der Waals surface area contributed by atoms with Crippen LogP contribution in [-0.2, 0) is 11.2 Å². The lowest BCUT2D eigenvalue weighted by Crippen LogP contribution is -2.42. The van der Waals surface area contributed by atoms with E-state index in [-0.39, 0.29) is 0 Å². The number of fused-ring (bicyclic) bond motifs is 1. The summed E-state index contributed by atoms with van der Waals surface area (Å²) in [5, 5.41) is 0.734. The van der Waals surface area contributed by atoms with E-state index in [1.807, 2.05) is 0 Å². The number of benzene rings is 1. The molecule has 1 aromatic carbocycles. The second-order valence-electron chi connectivity index (χ2n) is 5.53. The van der Waals surface area contributed by atoms with Gasteiger partial charge in [0.15, 0.2) is 0 Å². The van der Waals surface area contributed by atoms with E-state index in [1.54, 1.807) is 0 Å². The minimum atomic E-state index is 0.465. The maximum absolute atomic E-state index is 5.79. The van der Waals surface area contributed by atoms with Crippen molar-refractivity contribution in [2.75, 3.05) is 26.2 Å². The molecule has 3 heteroatoms. The molecule has 0 aromatic heterocycles. The van der Waals surface area contributed by atoms with Crippen LogP contribution < -0.4 is 0 Å². The summed E-state index contributed by atoms with van der Waals surface area (Å²) in [6.07, 6.45) is 4.22. The fourth-order valence-electron chi connectivity index (χ4n) is 3.19. The third kappa shape index (κ3) is 3.33. The standard InChI is InChI=1S/C16H23NOS/c1-2-18-14-7-5-9-17(11-14)12-15-10-13-6-3-4-8-16(13)19-15/h3-4,6,8,14-15H,2,5,7,9-12H2,1H3. The summed E-state index contributed by atoms with van der Waals surface area (Å²) in [6, 6.07) is 8.86. The van der Waals surface area contributed by atoms with Gasteiger partial charge in [0, 0.05) is 29.8 Å². The van der Waals surface area contributed by atoms with Crippen molar-refractivity contribution in [3.05, 3.63) is 29.8 Å². The highest BCUT2D eigenvalue weighted by Crippen LogP contribution is 2.37. The van der Waals surface area contributed by atoms with Crippen LogP contribution in [0.25, 0.3) is 0 Å². The second kappa shape index (κ2) is 6.29. The van der Waals surface area contributed by atoms with Gasteiger partial charge in [-0.15, -0.1) is 11.8 Å². The smallest absolute Gasteiger partial charge is 0.0702 e. The first-order valence-electron chi connectivity index (χ1n) is 7.43. The molecule has 0 amide bonds. The number of piperidine rings is 1. The first-order valence-corrected chi connectivity index (χ1v) is 8.31. The van der Waals surface area contributed by atoms with E-state index in [9.17, 15) is 0 Å². The zero-order chi connectivity index (χ0) is 13.1. The van der Waals surface area contributed by atoms with Crippen LogP contribution in [0.2, 0.25) is 0 Å². The number of hydrogen-bond donors (Lipinski definition) is 0. The van der Waals surface area contributed by atoms with Gasteiger partial charge in [0.2, 0.25) is 0 Å². The van der Waals surface area contributed by atoms with Crippen molar-refractivity contribution < 1.29 is 4.74 Å². The maximum atomic E-state index is 5.79. The van der Waals surface area contributed by atoms with Crippen molar-refractivity contribution in [1.82, 2.24) is 4.90 Å². The van der Waals surface area contributed by atoms with E-state index in [4.69, 9.17) is 4.74 Å². The molecule has 2 nitrogen and oxygen atoms in total. The highest BCUT2D eigenvalue weighted by molar-refractivity contribution is 8.00. The SMILES string of the molecule is CCOC1CCCN(CC2Cc3ccccc3S2)C1. The first-order chi connectivity index (χ1) is 9.35. The molecule has 0 bridgehead atoms. The summed E-state index contributed by atoms with van der Waals surface area (Å²) in [4.78, 5) is 4.10. The molecular weight excluding hydrogens is 254 g/mol. The van der Waals surface area contributed by atoms with Gasteiger partial charge in [0.1, 0.15) is 0 Å². The molecule has 0 aliphatic carbocycles. The minimum absolute atomic E-state index is 0.465. The molecule has 3 rings (SSSR count). The molecule has 2 aliphatic rings. The maximum Gasteiger partial charge on any atom is 0.0702 e. The third-order valence-corrected chi connectivity index (χ3v) is 5.34. The van der Waals surface area contributed by atoms with Crippen LogP contribution in [-0.4, -0.2) is 42.5 Å². The lowest BCUT2D eigenvalue weighted by Gasteiger charge is -2.33. The highest BCUT2D eigenvalue weighted by Gasteiger charge is 2.26. The summed E-state index contributed by atoms with van der Waals surface area (Å²) in [5.41, 5.74) is 1.54. The molecule has 0 spiro atoms. The Morgan fingerprint density at radius 1 is 1.37 bits per heavy atom. The average Bonchev–Trinajstić information content (AvgIpc) is 2.81. The second-order valence-corrected chi connectivity index (χ2v) is 6.87. The van der Waals surface area contributed by atoms with E-state index in [0.29, 0.717) is 6.10 Å². The van der Waals surface area contributed by atoms with Crippen molar-refractivity contribution in [2.24, 2.45) is 0 Å². The zero-order valence-corrected chi connectivity index (χ0v) is 12.5. The Morgan fingerprint density at radius 2 is 2.26 bits per heavy atom. The highest BCUT2D eigenvalue weighted by atomic mass is 32.2. The fourth-order valence-corrected chi connectivity index (χ4v) is 4.56. The van der Waals surface area contributed by atoms with Crippen molar-refractivity contribution in [2.45, 2.75) is 42.4 Å². The molecule has 0 radical (unpaired) electrons. The van der Waals surface area contributed by atoms with Gasteiger partial charge in [0.25, 0.3) is 0 Å². The van der Waals surface area contributed by atoms with Gasteiger partial charge in [-0.05, 0) is 44.4 Å². The first kappa shape index (κ1) is 13.5. The number of nitrogens with zero attached hydrogens (tertiary/aromatic N) is 1. The van der Waals surface area contributed by atoms with Gasteiger partial charge in [-0.3, -0.25) is 4.90 Å². The molecule has 1 saturated heterocycles. The topological polar surface area (TPSA) is 12.5 Å². The van der Waals surface area contributed by atoms with Gasteiger partial charge < -0.3 is 4.74 Å². The molecule has 2 heterocycles. The van der Waals surface area contributed by atoms with Gasteiger partial charge in [0.05, 0.1) is 6.10 Å². The van der Waals surface area contributed by atoms with Crippen LogP contribution in [0.15, 0.2) is 29.2 Å². The van der Waals surface area contributed by atoms with Gasteiger partial charge in [-0.25, -0.2) is 0 Å². The Hall–Kier alpha value is -0.510. The quantitative estimate of drug-likeness (QED) is 0.838. The third-order valence-electron chi connectivity index (χ3n) is 4.04. The summed E-state index contributed by atoms with van der Waals surface area (Å²) in [5.74, 6) is 0. The summed E-state index contributed by atoms with van der Waals surface area (Å²) < 4.78 is 5.79. The van der Waals surface area contributed by atoms with E-state index >= 15 is 0 Å². The van der Waals surface area contributed by atoms with Crippen LogP contribution in [0, 0.1) is 0 Å². The predicted octanol–water partition coefficient (Wildman–Crippen LogP) is 3.20. The summed E-state index contributed by atoms with van der Waals surface area (Å²) >= 11 is 2.06. The Kier molecular flexibility index (Phi) is 4.46. The molecule has 2 aliphatic heterocycles. The molecule has 1 fully saturated rings. The summed E-state index contributed by atoms with van der Waals surface area (Å²) in [7, 11) is 0. The lowest BCUT2D eigenvalue weighted by molar-refractivity contribution is 0.00624. The normalized spacial score (nSPS) is 27.4. The van der Waals surface area contributed by atoms with E-state index in [1.165, 1.54) is 42.8 Å². The van der Waals surface area contributed by atoms with Crippen molar-refractivity contribution in [1.29, 1.82) is 0 Å². The molecule has 2 unspecified atom stereocenters. The zero-order valence-electron chi connectivity index (χ0n) is 11.7. The van der Waals surface area contributed by atoms with Crippen molar-refractivity contribution in [3.8, 4) is 0 Å². The van der Waals surface area contributed by atoms with Crippen LogP contribution in [0.4, 0.5) is 0 Å². The minimum Gasteiger partial charge on any atom is -0.377 e. The molecule has 0 saturated carbocycles. The number of ether oxygens (including phenoxy) is 1. The Bertz CT molecular complexity index is 396. The van der Waals surface area contributed by atoms with E-state index in [2.05, 4.69) is 47.9 Å². The molecule has 1 aromatic rings. The Morgan fingerprint density at radius 3 is 3.11 bits per heavy atom. The van der Waals surface area contributed by atoms with Gasteiger partial charge >= 0.3 is 0 Å². The van der Waals surface area contributed by atoms with E-state index in [0.717, 1.165) is 18.4 Å². The molecule has 2 atom stereocenters. The fraction of sp³-hybridized carbons (Fsp3) is 0.625. The van der Waals surface area contributed by atoms with Crippen LogP contribution in [0.5, 0.6) is 0 Å². The van der Waals surface area contributed by atoms with Crippen LogP contribution in [0.3, 0.4) is 0 Å². The Labute approximate surface area is 120 Å². The number of hydrogen-bond acceptors (Lipinski definition) is 3. The van der Waals surface area contributed by atoms with Crippen LogP contribution in [0.1, 0.15) is 25.3 Å². The molecule has 0 N–H and O–H groups in total. The molecule has 19 heavy (non-hydrogen) atoms. The number of rotatable bonds is 4. The summed E-state index contributed by atoms with van der Waals surface area (Å²) in [6.45, 7) is 6.53. The largest absolute Gasteiger partial charge is 0.377 e. The lowest BCUT2D eigenvalue weighted by atomic mass is 10.1. The van der Waals surface area contributed by atoms with Crippen molar-refractivity contribution in [3.63, 3.8) is 0 Å². The molecule has 104 valence electrons. The molecular formula is C16H23NOS. The van der Waals surface area contributed by atoms with E-state index < -0.39 is 0 Å². The van der Waals surface area contributed by atoms with Crippen LogP contribution >= 0.6 is 11.8 Å². The van der Waals surface area contributed by atoms with Gasteiger partial charge in [-0.1, -0.05) is 18.2 Å². The number of likely N-dealkylation sites (tertiary alicyclic amines) is 1. The predicted molar refractivity (Wildman–Crippen MR) is 80.9 cm³/mol. The monoisotopic (exact) mass is 277 g/mol. The van der Waals surface area contributed by atoms with Gasteiger partial charge in [-0.2, -0.15) is 0 Å². The average molecular weight is 277 g/mol. The Balaban J connectivity index is 1.53.